The van der Waals surface area contributed by atoms with Gasteiger partial charge in [-0.1, -0.05) is 13.8 Å². The molecule has 0 amide bonds. The van der Waals surface area contributed by atoms with Crippen molar-refractivity contribution in [1.29, 1.82) is 0 Å². The average Bonchev–Trinajstić information content (AvgIpc) is 1.84. The zero-order valence-corrected chi connectivity index (χ0v) is 6.59. The fraction of sp³-hybridized carbons (Fsp3) is 1.00. The van der Waals surface area contributed by atoms with Gasteiger partial charge in [0.2, 0.25) is 0 Å². The molecule has 56 valence electrons. The third kappa shape index (κ3) is 1.20. The van der Waals surface area contributed by atoms with Crippen molar-refractivity contribution in [2.24, 2.45) is 11.8 Å². The molecule has 1 aliphatic heterocycles. The van der Waals surface area contributed by atoms with Gasteiger partial charge < -0.3 is 10.4 Å². The number of nitrogens with one attached hydrogen (secondary N) is 1. The highest BCUT2D eigenvalue weighted by Crippen LogP contribution is 2.25. The fourth-order valence-electron chi connectivity index (χ4n) is 1.33. The second-order valence-corrected chi connectivity index (χ2v) is 3.35. The Morgan fingerprint density at radius 3 is 2.10 bits per heavy atom. The Morgan fingerprint density at radius 1 is 1.40 bits per heavy atom. The molecule has 0 aromatic carbocycles. The van der Waals surface area contributed by atoms with Gasteiger partial charge in [0.15, 0.2) is 0 Å². The van der Waals surface area contributed by atoms with Crippen molar-refractivity contribution in [2.45, 2.75) is 19.3 Å². The molecule has 0 aromatic heterocycles. The maximum atomic E-state index is 9.65. The summed E-state index contributed by atoms with van der Waals surface area (Å²) >= 11 is 0. The number of piperidine rings is 1. The molecule has 1 fully saturated rings. The van der Waals surface area contributed by atoms with Crippen molar-refractivity contribution < 1.29 is 5.11 Å². The monoisotopic (exact) mass is 139 g/mol. The minimum Gasteiger partial charge on any atom is -0.399 e. The molecular weight excluding hydrogens is 125 g/mol. The van der Waals surface area contributed by atoms with Gasteiger partial charge in [0.05, 0.1) is 0 Å². The molecule has 0 spiro atoms. The van der Waals surface area contributed by atoms with E-state index in [0.717, 1.165) is 13.1 Å². The fourth-order valence-corrected chi connectivity index (χ4v) is 1.33. The Labute approximate surface area is 63.4 Å². The third-order valence-electron chi connectivity index (χ3n) is 2.48. The van der Waals surface area contributed by atoms with Crippen LogP contribution < -0.4 is 5.32 Å². The summed E-state index contributed by atoms with van der Waals surface area (Å²) in [6.07, 6.45) is 0. The molecule has 1 saturated heterocycles. The van der Waals surface area contributed by atoms with E-state index in [1.807, 2.05) is 13.8 Å². The van der Waals surface area contributed by atoms with Crippen LogP contribution in [0.5, 0.6) is 0 Å². The maximum absolute atomic E-state index is 9.65. The maximum Gasteiger partial charge on any atom is 0.114 e. The first kappa shape index (κ1) is 8.09. The van der Waals surface area contributed by atoms with Crippen molar-refractivity contribution in [3.05, 3.63) is 0 Å². The second kappa shape index (κ2) is 2.55. The molecule has 0 bridgehead atoms. The normalized spacial score (nSPS) is 49.1. The molecule has 1 aliphatic rings. The van der Waals surface area contributed by atoms with Gasteiger partial charge in [-0.15, -0.1) is 0 Å². The van der Waals surface area contributed by atoms with Gasteiger partial charge in [-0.2, -0.15) is 0 Å². The topological polar surface area (TPSA) is 32.3 Å². The van der Waals surface area contributed by atoms with E-state index in [-0.39, 0.29) is 11.8 Å². The van der Waals surface area contributed by atoms with Crippen LogP contribution in [-0.4, -0.2) is 31.5 Å². The van der Waals surface area contributed by atoms with Crippen molar-refractivity contribution in [2.75, 3.05) is 13.1 Å². The highest BCUT2D eigenvalue weighted by atomic mass is 16.3. The Kier molecular flexibility index (Phi) is 2.06. The van der Waals surface area contributed by atoms with Crippen LogP contribution in [-0.2, 0) is 0 Å². The van der Waals surface area contributed by atoms with Gasteiger partial charge in [0.25, 0.3) is 0 Å². The van der Waals surface area contributed by atoms with Gasteiger partial charge in [-0.05, 0) is 24.9 Å². The lowest BCUT2D eigenvalue weighted by molar-refractivity contribution is 0.000872. The Bertz CT molecular complexity index is 115. The zero-order chi connectivity index (χ0) is 7.78. The van der Waals surface area contributed by atoms with Crippen LogP contribution in [0.3, 0.4) is 0 Å². The number of hydrogen-bond acceptors (Lipinski definition) is 2. The molecule has 10 heavy (non-hydrogen) atoms. The SMILES string of the molecule is [B]C1(O)C(C)CNCC1C. The van der Waals surface area contributed by atoms with Crippen LogP contribution in [0.25, 0.3) is 0 Å². The Hall–Kier alpha value is -0.0151. The van der Waals surface area contributed by atoms with E-state index in [1.54, 1.807) is 0 Å². The van der Waals surface area contributed by atoms with Gasteiger partial charge in [0, 0.05) is 5.50 Å². The molecule has 2 atom stereocenters. The minimum atomic E-state index is -0.967. The van der Waals surface area contributed by atoms with E-state index in [1.165, 1.54) is 0 Å². The number of hydrogen-bond donors (Lipinski definition) is 2. The molecule has 0 saturated carbocycles. The van der Waals surface area contributed by atoms with E-state index >= 15 is 0 Å². The van der Waals surface area contributed by atoms with Crippen molar-refractivity contribution in [3.8, 4) is 0 Å². The summed E-state index contributed by atoms with van der Waals surface area (Å²) in [4.78, 5) is 0. The lowest BCUT2D eigenvalue weighted by Crippen LogP contribution is -2.55. The number of aliphatic hydroxyl groups is 1. The minimum absolute atomic E-state index is 0.149. The molecule has 1 rings (SSSR count). The van der Waals surface area contributed by atoms with Crippen molar-refractivity contribution in [3.63, 3.8) is 0 Å². The summed E-state index contributed by atoms with van der Waals surface area (Å²) in [6, 6.07) is 0. The summed E-state index contributed by atoms with van der Waals surface area (Å²) in [5, 5.41) is 12.8. The van der Waals surface area contributed by atoms with Gasteiger partial charge >= 0.3 is 0 Å². The van der Waals surface area contributed by atoms with Crippen LogP contribution in [0, 0.1) is 11.8 Å². The number of rotatable bonds is 0. The summed E-state index contributed by atoms with van der Waals surface area (Å²) in [6.45, 7) is 5.56. The van der Waals surface area contributed by atoms with E-state index in [9.17, 15) is 5.11 Å². The van der Waals surface area contributed by atoms with Crippen molar-refractivity contribution in [1.82, 2.24) is 5.32 Å². The summed E-state index contributed by atoms with van der Waals surface area (Å²) < 4.78 is 0. The smallest absolute Gasteiger partial charge is 0.114 e. The quantitative estimate of drug-likeness (QED) is 0.452. The largest absolute Gasteiger partial charge is 0.399 e. The molecule has 0 aromatic rings. The predicted octanol–water partition coefficient (Wildman–Crippen LogP) is -0.281. The van der Waals surface area contributed by atoms with Crippen LogP contribution >= 0.6 is 0 Å². The lowest BCUT2D eigenvalue weighted by atomic mass is 9.63. The third-order valence-corrected chi connectivity index (χ3v) is 2.48. The first-order chi connectivity index (χ1) is 4.55. The standard InChI is InChI=1S/C7H14BNO/c1-5-3-9-4-6(2)7(5,8)10/h5-6,9-10H,3-4H2,1-2H3. The average molecular weight is 139 g/mol. The van der Waals surface area contributed by atoms with E-state index in [0.29, 0.717) is 0 Å². The molecule has 2 N–H and O–H groups in total. The highest BCUT2D eigenvalue weighted by molar-refractivity contribution is 6.14. The Balaban J connectivity index is 2.63. The molecule has 2 nitrogen and oxygen atoms in total. The van der Waals surface area contributed by atoms with Crippen LogP contribution in [0.2, 0.25) is 0 Å². The van der Waals surface area contributed by atoms with Gasteiger partial charge in [0.1, 0.15) is 7.85 Å². The zero-order valence-electron chi connectivity index (χ0n) is 6.59. The molecule has 3 heteroatoms. The highest BCUT2D eigenvalue weighted by Gasteiger charge is 2.36. The van der Waals surface area contributed by atoms with E-state index in [2.05, 4.69) is 5.32 Å². The predicted molar refractivity (Wildman–Crippen MR) is 41.9 cm³/mol. The first-order valence-corrected chi connectivity index (χ1v) is 3.77. The molecule has 2 radical (unpaired) electrons. The molecule has 1 heterocycles. The van der Waals surface area contributed by atoms with Crippen LogP contribution in [0.4, 0.5) is 0 Å². The van der Waals surface area contributed by atoms with E-state index in [4.69, 9.17) is 7.85 Å². The molecular formula is C7H14BNO. The lowest BCUT2D eigenvalue weighted by Gasteiger charge is -2.41. The summed E-state index contributed by atoms with van der Waals surface area (Å²) in [5.74, 6) is 0.299. The van der Waals surface area contributed by atoms with E-state index < -0.39 is 5.50 Å². The van der Waals surface area contributed by atoms with Crippen molar-refractivity contribution >= 4 is 7.85 Å². The van der Waals surface area contributed by atoms with Gasteiger partial charge in [-0.3, -0.25) is 0 Å². The Morgan fingerprint density at radius 2 is 1.80 bits per heavy atom. The van der Waals surface area contributed by atoms with Crippen LogP contribution in [0.15, 0.2) is 0 Å². The van der Waals surface area contributed by atoms with Crippen LogP contribution in [0.1, 0.15) is 13.8 Å². The molecule has 0 aliphatic carbocycles. The summed E-state index contributed by atoms with van der Waals surface area (Å²) in [7, 11) is 5.68. The molecule has 2 unspecified atom stereocenters. The summed E-state index contributed by atoms with van der Waals surface area (Å²) in [5.41, 5.74) is -0.967. The first-order valence-electron chi connectivity index (χ1n) is 3.77. The second-order valence-electron chi connectivity index (χ2n) is 3.35. The van der Waals surface area contributed by atoms with Gasteiger partial charge in [-0.25, -0.2) is 0 Å².